The number of carbonyl (C=O) groups excluding carboxylic acids is 4. The average Bonchev–Trinajstić information content (AvgIpc) is 2.95. The first-order valence-electron chi connectivity index (χ1n) is 13.8. The molecule has 16 nitrogen and oxygen atoms in total. The molecule has 0 aliphatic rings. The topological polar surface area (TPSA) is 222 Å². The fourth-order valence-corrected chi connectivity index (χ4v) is 3.73. The SMILES string of the molecule is C=C(C)C(=O)OCCCOP(=O)([O-])OCCCOC(=O)C(=C)C.C=C(C)C(=O)OCCCOP(=O)([O-])OCCCOC(=O)C(=C)C.[Mg+2]. The molecule has 47 heavy (non-hydrogen) atoms. The van der Waals surface area contributed by atoms with Crippen molar-refractivity contribution < 1.29 is 75.1 Å². The van der Waals surface area contributed by atoms with Crippen molar-refractivity contribution in [2.24, 2.45) is 0 Å². The van der Waals surface area contributed by atoms with Gasteiger partial charge >= 0.3 is 46.9 Å². The van der Waals surface area contributed by atoms with Gasteiger partial charge in [0.15, 0.2) is 0 Å². The van der Waals surface area contributed by atoms with Crippen LogP contribution in [0.25, 0.3) is 0 Å². The summed E-state index contributed by atoms with van der Waals surface area (Å²) in [5.74, 6) is -2.18. The van der Waals surface area contributed by atoms with Crippen LogP contribution in [0.3, 0.4) is 0 Å². The van der Waals surface area contributed by atoms with Crippen molar-refractivity contribution in [3.05, 3.63) is 48.6 Å². The fraction of sp³-hybridized carbons (Fsp3) is 0.571. The molecule has 0 fully saturated rings. The summed E-state index contributed by atoms with van der Waals surface area (Å²) in [6.45, 7) is 19.0. The van der Waals surface area contributed by atoms with Gasteiger partial charge in [0.25, 0.3) is 15.6 Å². The molecule has 0 spiro atoms. The molecule has 0 amide bonds. The van der Waals surface area contributed by atoms with Gasteiger partial charge in [-0.25, -0.2) is 19.2 Å². The predicted molar refractivity (Wildman–Crippen MR) is 166 cm³/mol. The van der Waals surface area contributed by atoms with E-state index < -0.39 is 39.5 Å². The number of ether oxygens (including phenoxy) is 4. The van der Waals surface area contributed by atoms with Gasteiger partial charge in [-0.05, 0) is 27.7 Å². The van der Waals surface area contributed by atoms with E-state index in [1.807, 2.05) is 0 Å². The van der Waals surface area contributed by atoms with Crippen molar-refractivity contribution >= 4 is 62.6 Å². The maximum absolute atomic E-state index is 11.4. The molecular weight excluding hydrogens is 679 g/mol. The number of phosphoric ester groups is 2. The van der Waals surface area contributed by atoms with Gasteiger partial charge in [0.05, 0.1) is 52.9 Å². The van der Waals surface area contributed by atoms with Crippen molar-refractivity contribution in [3.8, 4) is 0 Å². The van der Waals surface area contributed by atoms with Gasteiger partial charge in [-0.15, -0.1) is 0 Å². The first-order chi connectivity index (χ1) is 21.3. The van der Waals surface area contributed by atoms with E-state index in [0.29, 0.717) is 0 Å². The van der Waals surface area contributed by atoms with E-state index in [0.717, 1.165) is 0 Å². The summed E-state index contributed by atoms with van der Waals surface area (Å²) in [4.78, 5) is 67.0. The Labute approximate surface area is 291 Å². The summed E-state index contributed by atoms with van der Waals surface area (Å²) in [5.41, 5.74) is 1.04. The smallest absolute Gasteiger partial charge is 0.756 e. The second-order valence-corrected chi connectivity index (χ2v) is 12.1. The van der Waals surface area contributed by atoms with Gasteiger partial charge in [-0.3, -0.25) is 9.13 Å². The Balaban J connectivity index is -0.000000807. The standard InChI is InChI=1S/2C14H23O8P.Mg/c2*1-11(2)13(15)19-7-5-9-21-23(17,18)22-10-6-8-20-14(16)12(3)4;/h2*1,3,5-10H2,2,4H3,(H,17,18);/q;;+2/p-2. The summed E-state index contributed by atoms with van der Waals surface area (Å²) in [7, 11) is -8.85. The first kappa shape index (κ1) is 49.2. The van der Waals surface area contributed by atoms with Crippen LogP contribution in [0.1, 0.15) is 53.4 Å². The van der Waals surface area contributed by atoms with Crippen molar-refractivity contribution in [2.75, 3.05) is 52.9 Å². The van der Waals surface area contributed by atoms with E-state index in [-0.39, 0.29) is 124 Å². The number of esters is 4. The van der Waals surface area contributed by atoms with Gasteiger partial charge in [0.1, 0.15) is 0 Å². The number of hydrogen-bond donors (Lipinski definition) is 0. The molecule has 0 unspecified atom stereocenters. The zero-order valence-electron chi connectivity index (χ0n) is 27.4. The van der Waals surface area contributed by atoms with Gasteiger partial charge < -0.3 is 46.8 Å². The summed E-state index contributed by atoms with van der Waals surface area (Å²) in [6, 6.07) is 0. The Morgan fingerprint density at radius 3 is 0.766 bits per heavy atom. The molecule has 0 aromatic rings. The minimum Gasteiger partial charge on any atom is -0.756 e. The van der Waals surface area contributed by atoms with Gasteiger partial charge in [0, 0.05) is 48.0 Å². The molecule has 0 N–H and O–H groups in total. The number of rotatable bonds is 24. The Hall–Kier alpha value is -2.17. The second-order valence-electron chi connectivity index (χ2n) is 9.31. The molecule has 0 aliphatic carbocycles. The third kappa shape index (κ3) is 30.9. The molecule has 0 saturated carbocycles. The van der Waals surface area contributed by atoms with E-state index in [2.05, 4.69) is 44.4 Å². The summed E-state index contributed by atoms with van der Waals surface area (Å²) in [5, 5.41) is 0. The zero-order chi connectivity index (χ0) is 35.8. The van der Waals surface area contributed by atoms with Crippen molar-refractivity contribution in [2.45, 2.75) is 53.4 Å². The number of carbonyl (C=O) groups is 4. The van der Waals surface area contributed by atoms with Crippen molar-refractivity contribution in [3.63, 3.8) is 0 Å². The third-order valence-corrected chi connectivity index (χ3v) is 6.47. The van der Waals surface area contributed by atoms with E-state index >= 15 is 0 Å². The molecule has 0 heterocycles. The maximum atomic E-state index is 11.4. The van der Waals surface area contributed by atoms with Crippen molar-refractivity contribution in [1.29, 1.82) is 0 Å². The summed E-state index contributed by atoms with van der Waals surface area (Å²) >= 11 is 0. The maximum Gasteiger partial charge on any atom is 2.00 e. The van der Waals surface area contributed by atoms with Crippen LogP contribution in [0.5, 0.6) is 0 Å². The van der Waals surface area contributed by atoms with Gasteiger partial charge in [-0.2, -0.15) is 0 Å². The molecule has 0 aromatic heterocycles. The Bertz CT molecular complexity index is 985. The Morgan fingerprint density at radius 2 is 0.617 bits per heavy atom. The normalized spacial score (nSPS) is 10.7. The van der Waals surface area contributed by atoms with Crippen LogP contribution in [-0.4, -0.2) is 99.8 Å². The predicted octanol–water partition coefficient (Wildman–Crippen LogP) is 2.63. The molecule has 0 rings (SSSR count). The van der Waals surface area contributed by atoms with E-state index in [1.54, 1.807) is 0 Å². The molecule has 0 aromatic carbocycles. The minimum atomic E-state index is -4.42. The Kier molecular flexibility index (Phi) is 29.1. The molecular formula is C28H44MgO16P2. The van der Waals surface area contributed by atoms with Gasteiger partial charge in [0.2, 0.25) is 0 Å². The van der Waals surface area contributed by atoms with Crippen LogP contribution in [-0.2, 0) is 65.4 Å². The average molecular weight is 723 g/mol. The molecule has 0 atom stereocenters. The van der Waals surface area contributed by atoms with Crippen LogP contribution in [0, 0.1) is 0 Å². The fourth-order valence-electron chi connectivity index (χ4n) is 2.17. The summed E-state index contributed by atoms with van der Waals surface area (Å²) in [6.07, 6.45) is 0.797. The summed E-state index contributed by atoms with van der Waals surface area (Å²) < 4.78 is 60.1. The molecule has 19 heteroatoms. The Morgan fingerprint density at radius 1 is 0.447 bits per heavy atom. The van der Waals surface area contributed by atoms with Crippen LogP contribution in [0.15, 0.2) is 48.6 Å². The second kappa shape index (κ2) is 27.7. The minimum absolute atomic E-state index is 0. The van der Waals surface area contributed by atoms with E-state index in [4.69, 9.17) is 18.9 Å². The van der Waals surface area contributed by atoms with Crippen molar-refractivity contribution in [1.82, 2.24) is 0 Å². The quantitative estimate of drug-likeness (QED) is 0.0349. The number of phosphoric acid groups is 2. The molecule has 0 aliphatic heterocycles. The van der Waals surface area contributed by atoms with Crippen LogP contribution in [0.4, 0.5) is 0 Å². The van der Waals surface area contributed by atoms with Gasteiger partial charge in [-0.1, -0.05) is 26.3 Å². The zero-order valence-corrected chi connectivity index (χ0v) is 30.7. The van der Waals surface area contributed by atoms with E-state index in [1.165, 1.54) is 27.7 Å². The third-order valence-electron chi connectivity index (χ3n) is 4.48. The monoisotopic (exact) mass is 722 g/mol. The molecule has 0 saturated heterocycles. The molecule has 0 radical (unpaired) electrons. The van der Waals surface area contributed by atoms with Crippen LogP contribution in [0.2, 0.25) is 0 Å². The van der Waals surface area contributed by atoms with Crippen LogP contribution >= 0.6 is 15.6 Å². The first-order valence-corrected chi connectivity index (χ1v) is 16.7. The molecule has 264 valence electrons. The number of hydrogen-bond acceptors (Lipinski definition) is 16. The largest absolute Gasteiger partial charge is 2.00 e. The van der Waals surface area contributed by atoms with Crippen LogP contribution < -0.4 is 9.79 Å². The molecule has 0 bridgehead atoms. The van der Waals surface area contributed by atoms with E-state index in [9.17, 15) is 38.1 Å².